The molecule has 2 aliphatic heterocycles. The Balaban J connectivity index is 0.00000182. The van der Waals surface area contributed by atoms with E-state index < -0.39 is 0 Å². The Morgan fingerprint density at radius 2 is 1.92 bits per heavy atom. The van der Waals surface area contributed by atoms with E-state index in [0.29, 0.717) is 19.1 Å². The lowest BCUT2D eigenvalue weighted by Gasteiger charge is -2.32. The zero-order valence-electron chi connectivity index (χ0n) is 14.4. The second kappa shape index (κ2) is 8.30. The van der Waals surface area contributed by atoms with E-state index in [1.807, 2.05) is 17.4 Å². The molecular weight excluding hydrogens is 358 g/mol. The van der Waals surface area contributed by atoms with Gasteiger partial charge in [0, 0.05) is 29.4 Å². The lowest BCUT2D eigenvalue weighted by Crippen LogP contribution is -2.30. The zero-order valence-corrected chi connectivity index (χ0v) is 16.0. The third-order valence-electron chi connectivity index (χ3n) is 4.70. The Bertz CT molecular complexity index is 692. The Kier molecular flexibility index (Phi) is 6.10. The molecule has 4 nitrogen and oxygen atoms in total. The fourth-order valence-electron chi connectivity index (χ4n) is 3.45. The summed E-state index contributed by atoms with van der Waals surface area (Å²) in [6, 6.07) is 8.52. The van der Waals surface area contributed by atoms with Crippen molar-refractivity contribution in [1.29, 1.82) is 0 Å². The topological polar surface area (TPSA) is 30.9 Å². The summed E-state index contributed by atoms with van der Waals surface area (Å²) in [6.45, 7) is 4.08. The molecule has 2 aromatic rings. The average Bonchev–Trinajstić information content (AvgIpc) is 3.14. The summed E-state index contributed by atoms with van der Waals surface area (Å²) in [5.41, 5.74) is 1.26. The van der Waals surface area contributed by atoms with Crippen LogP contribution in [0.4, 0.5) is 0 Å². The molecule has 0 radical (unpaired) electrons. The number of likely N-dealkylation sites (N-methyl/N-ethyl adjacent to an activating group) is 1. The molecule has 0 saturated heterocycles. The fraction of sp³-hybridized carbons (Fsp3) is 0.474. The Hall–Kier alpha value is -1.43. The van der Waals surface area contributed by atoms with Crippen molar-refractivity contribution in [2.24, 2.45) is 0 Å². The minimum Gasteiger partial charge on any atom is -0.489 e. The third-order valence-corrected chi connectivity index (χ3v) is 5.63. The summed E-state index contributed by atoms with van der Waals surface area (Å²) in [7, 11) is 2.21. The molecule has 0 fully saturated rings. The van der Waals surface area contributed by atoms with Crippen molar-refractivity contribution in [3.05, 3.63) is 40.1 Å². The molecule has 0 spiro atoms. The van der Waals surface area contributed by atoms with Gasteiger partial charge in [0.1, 0.15) is 13.2 Å². The van der Waals surface area contributed by atoms with Crippen molar-refractivity contribution < 1.29 is 14.2 Å². The van der Waals surface area contributed by atoms with Crippen LogP contribution in [0.25, 0.3) is 0 Å². The van der Waals surface area contributed by atoms with Crippen LogP contribution in [0.5, 0.6) is 17.2 Å². The van der Waals surface area contributed by atoms with Gasteiger partial charge in [-0.3, -0.25) is 0 Å². The minimum absolute atomic E-state index is 0. The van der Waals surface area contributed by atoms with E-state index in [-0.39, 0.29) is 12.4 Å². The van der Waals surface area contributed by atoms with Gasteiger partial charge in [0.2, 0.25) is 5.75 Å². The molecular formula is C19H24ClNO3S. The van der Waals surface area contributed by atoms with Gasteiger partial charge in [0.15, 0.2) is 11.5 Å². The molecule has 0 bridgehead atoms. The molecule has 2 aliphatic rings. The van der Waals surface area contributed by atoms with Crippen LogP contribution in [0.2, 0.25) is 0 Å². The highest BCUT2D eigenvalue weighted by atomic mass is 35.5. The Morgan fingerprint density at radius 1 is 1.08 bits per heavy atom. The van der Waals surface area contributed by atoms with Crippen LogP contribution in [0.1, 0.15) is 22.8 Å². The Labute approximate surface area is 159 Å². The molecule has 1 unspecified atom stereocenters. The van der Waals surface area contributed by atoms with E-state index in [0.717, 1.165) is 49.8 Å². The van der Waals surface area contributed by atoms with Gasteiger partial charge in [0.05, 0.1) is 6.61 Å². The van der Waals surface area contributed by atoms with Crippen molar-refractivity contribution in [3.8, 4) is 17.2 Å². The SMILES string of the molecule is CN(CCc1cccs1)CC1CCOc2c1ccc1c2OCCO1.Cl. The van der Waals surface area contributed by atoms with Gasteiger partial charge < -0.3 is 19.1 Å². The van der Waals surface area contributed by atoms with Crippen LogP contribution in [-0.4, -0.2) is 44.9 Å². The average molecular weight is 382 g/mol. The summed E-state index contributed by atoms with van der Waals surface area (Å²) >= 11 is 1.84. The standard InChI is InChI=1S/C19H23NO3S.ClH/c1-20(8-6-15-3-2-12-24-15)13-14-7-9-22-18-16(14)4-5-17-19(18)23-11-10-21-17;/h2-5,12,14H,6-11,13H2,1H3;1H. The lowest BCUT2D eigenvalue weighted by molar-refractivity contribution is 0.155. The zero-order chi connectivity index (χ0) is 16.4. The number of rotatable bonds is 5. The first-order chi connectivity index (χ1) is 11.8. The van der Waals surface area contributed by atoms with Gasteiger partial charge in [0.25, 0.3) is 0 Å². The van der Waals surface area contributed by atoms with E-state index in [4.69, 9.17) is 14.2 Å². The largest absolute Gasteiger partial charge is 0.489 e. The van der Waals surface area contributed by atoms with Gasteiger partial charge in [-0.05, 0) is 37.4 Å². The summed E-state index contributed by atoms with van der Waals surface area (Å²) in [4.78, 5) is 3.88. The van der Waals surface area contributed by atoms with E-state index in [1.165, 1.54) is 10.4 Å². The maximum absolute atomic E-state index is 5.93. The predicted molar refractivity (Wildman–Crippen MR) is 103 cm³/mol. The molecule has 6 heteroatoms. The molecule has 1 aromatic heterocycles. The number of benzene rings is 1. The van der Waals surface area contributed by atoms with E-state index >= 15 is 0 Å². The van der Waals surface area contributed by atoms with Gasteiger partial charge in [-0.25, -0.2) is 0 Å². The summed E-state index contributed by atoms with van der Waals surface area (Å²) < 4.78 is 17.4. The number of halogens is 1. The fourth-order valence-corrected chi connectivity index (χ4v) is 4.15. The predicted octanol–water partition coefficient (Wildman–Crippen LogP) is 3.98. The second-order valence-corrected chi connectivity index (χ2v) is 7.47. The van der Waals surface area contributed by atoms with Gasteiger partial charge in [-0.1, -0.05) is 12.1 Å². The van der Waals surface area contributed by atoms with E-state index in [9.17, 15) is 0 Å². The molecule has 0 aliphatic carbocycles. The summed E-state index contributed by atoms with van der Waals surface area (Å²) in [6.07, 6.45) is 2.17. The maximum Gasteiger partial charge on any atom is 0.203 e. The molecule has 3 heterocycles. The van der Waals surface area contributed by atoms with Crippen molar-refractivity contribution in [2.75, 3.05) is 40.0 Å². The first-order valence-corrected chi connectivity index (χ1v) is 9.45. The van der Waals surface area contributed by atoms with Crippen LogP contribution < -0.4 is 14.2 Å². The summed E-state index contributed by atoms with van der Waals surface area (Å²) in [5, 5.41) is 2.15. The molecule has 0 saturated carbocycles. The normalized spacial score (nSPS) is 18.2. The van der Waals surface area contributed by atoms with Crippen LogP contribution in [0, 0.1) is 0 Å². The molecule has 1 aromatic carbocycles. The van der Waals surface area contributed by atoms with Crippen LogP contribution in [-0.2, 0) is 6.42 Å². The second-order valence-electron chi connectivity index (χ2n) is 6.43. The molecule has 4 rings (SSSR count). The van der Waals surface area contributed by atoms with Crippen molar-refractivity contribution in [3.63, 3.8) is 0 Å². The van der Waals surface area contributed by atoms with Crippen molar-refractivity contribution >= 4 is 23.7 Å². The minimum atomic E-state index is 0. The maximum atomic E-state index is 5.93. The quantitative estimate of drug-likeness (QED) is 0.783. The molecule has 0 N–H and O–H groups in total. The van der Waals surface area contributed by atoms with E-state index in [1.54, 1.807) is 0 Å². The molecule has 1 atom stereocenters. The third kappa shape index (κ3) is 4.05. The Morgan fingerprint density at radius 3 is 2.76 bits per heavy atom. The number of thiophene rings is 1. The van der Waals surface area contributed by atoms with Crippen molar-refractivity contribution in [2.45, 2.75) is 18.8 Å². The van der Waals surface area contributed by atoms with Crippen LogP contribution in [0.3, 0.4) is 0 Å². The first kappa shape index (κ1) is 18.4. The first-order valence-electron chi connectivity index (χ1n) is 8.57. The van der Waals surface area contributed by atoms with Crippen LogP contribution in [0.15, 0.2) is 29.6 Å². The van der Waals surface area contributed by atoms with Gasteiger partial charge in [-0.2, -0.15) is 0 Å². The number of nitrogens with zero attached hydrogens (tertiary/aromatic N) is 1. The van der Waals surface area contributed by atoms with Gasteiger partial charge >= 0.3 is 0 Å². The molecule has 136 valence electrons. The summed E-state index contributed by atoms with van der Waals surface area (Å²) in [5.74, 6) is 2.99. The highest BCUT2D eigenvalue weighted by Crippen LogP contribution is 2.47. The molecule has 25 heavy (non-hydrogen) atoms. The number of fused-ring (bicyclic) bond motifs is 3. The highest BCUT2D eigenvalue weighted by Gasteiger charge is 2.29. The smallest absolute Gasteiger partial charge is 0.203 e. The number of ether oxygens (including phenoxy) is 3. The highest BCUT2D eigenvalue weighted by molar-refractivity contribution is 7.09. The monoisotopic (exact) mass is 381 g/mol. The van der Waals surface area contributed by atoms with E-state index in [2.05, 4.69) is 35.5 Å². The number of hydrogen-bond acceptors (Lipinski definition) is 5. The van der Waals surface area contributed by atoms with Gasteiger partial charge in [-0.15, -0.1) is 23.7 Å². The van der Waals surface area contributed by atoms with Crippen molar-refractivity contribution in [1.82, 2.24) is 4.90 Å². The van der Waals surface area contributed by atoms with Crippen LogP contribution >= 0.6 is 23.7 Å². The lowest BCUT2D eigenvalue weighted by atomic mass is 9.92. The number of hydrogen-bond donors (Lipinski definition) is 0. The molecule has 0 amide bonds.